The van der Waals surface area contributed by atoms with Crippen molar-refractivity contribution in [2.24, 2.45) is 11.8 Å². The number of nitro groups is 1. The maximum atomic E-state index is 10.7. The Labute approximate surface area is 97.0 Å². The summed E-state index contributed by atoms with van der Waals surface area (Å²) in [7, 11) is 0. The third-order valence-corrected chi connectivity index (χ3v) is 5.25. The Morgan fingerprint density at radius 3 is 2.33 bits per heavy atom. The minimum atomic E-state index is -0.344. The van der Waals surface area contributed by atoms with Crippen molar-refractivity contribution >= 4 is 15.9 Å². The summed E-state index contributed by atoms with van der Waals surface area (Å²) in [5, 5.41) is 10.3. The first kappa shape index (κ1) is 9.87. The predicted octanol–water partition coefficient (Wildman–Crippen LogP) is 2.25. The van der Waals surface area contributed by atoms with Gasteiger partial charge < -0.3 is 0 Å². The van der Waals surface area contributed by atoms with Crippen LogP contribution in [-0.2, 0) is 0 Å². The molecule has 4 fully saturated rings. The van der Waals surface area contributed by atoms with Gasteiger partial charge in [0.15, 0.2) is 5.03 Å². The quantitative estimate of drug-likeness (QED) is 0.477. The lowest BCUT2D eigenvalue weighted by atomic mass is 9.53. The molecule has 0 radical (unpaired) electrons. The van der Waals surface area contributed by atoms with Gasteiger partial charge in [0.05, 0.1) is 5.54 Å². The lowest BCUT2D eigenvalue weighted by Gasteiger charge is -2.58. The molecule has 4 bridgehead atoms. The molecule has 4 saturated carbocycles. The molecule has 15 heavy (non-hydrogen) atoms. The van der Waals surface area contributed by atoms with E-state index in [0.717, 1.165) is 19.3 Å². The molecule has 2 unspecified atom stereocenters. The zero-order valence-electron chi connectivity index (χ0n) is 8.54. The molecule has 4 nitrogen and oxygen atoms in total. The van der Waals surface area contributed by atoms with Gasteiger partial charge in [0.2, 0.25) is 0 Å². The minimum absolute atomic E-state index is 0.195. The van der Waals surface area contributed by atoms with Gasteiger partial charge in [-0.1, -0.05) is 15.9 Å². The van der Waals surface area contributed by atoms with Crippen LogP contribution in [0.2, 0.25) is 0 Å². The highest BCUT2D eigenvalue weighted by Crippen LogP contribution is 2.60. The van der Waals surface area contributed by atoms with Crippen molar-refractivity contribution in [3.05, 3.63) is 10.1 Å². The molecule has 0 aliphatic heterocycles. The third kappa shape index (κ3) is 1.55. The van der Waals surface area contributed by atoms with Gasteiger partial charge in [-0.2, -0.15) is 0 Å². The van der Waals surface area contributed by atoms with Crippen LogP contribution in [0, 0.1) is 22.0 Å². The number of halogens is 1. The number of alkyl halides is 1. The third-order valence-electron chi connectivity index (χ3n) is 4.32. The van der Waals surface area contributed by atoms with Gasteiger partial charge in [-0.25, -0.2) is 10.1 Å². The maximum absolute atomic E-state index is 10.7. The topological polar surface area (TPSA) is 55.2 Å². The zero-order valence-corrected chi connectivity index (χ0v) is 10.1. The molecule has 0 aromatic rings. The molecule has 4 aliphatic carbocycles. The van der Waals surface area contributed by atoms with E-state index >= 15 is 0 Å². The second kappa shape index (κ2) is 2.87. The minimum Gasteiger partial charge on any atom is -0.235 e. The fraction of sp³-hybridized carbons (Fsp3) is 1.00. The number of hydrogen-bond donors (Lipinski definition) is 1. The molecule has 5 heteroatoms. The highest BCUT2D eigenvalue weighted by Gasteiger charge is 2.58. The van der Waals surface area contributed by atoms with Crippen LogP contribution in [-0.4, -0.2) is 14.9 Å². The van der Waals surface area contributed by atoms with Crippen LogP contribution in [0.15, 0.2) is 0 Å². The second-order valence-corrected chi connectivity index (χ2v) is 7.44. The van der Waals surface area contributed by atoms with E-state index in [-0.39, 0.29) is 14.9 Å². The van der Waals surface area contributed by atoms with Crippen LogP contribution in [0.4, 0.5) is 0 Å². The maximum Gasteiger partial charge on any atom is 0.158 e. The summed E-state index contributed by atoms with van der Waals surface area (Å²) in [5.41, 5.74) is 2.39. The van der Waals surface area contributed by atoms with Gasteiger partial charge in [-0.15, -0.1) is 5.43 Å². The molecule has 0 aromatic carbocycles. The van der Waals surface area contributed by atoms with Crippen molar-refractivity contribution in [3.8, 4) is 0 Å². The van der Waals surface area contributed by atoms with E-state index in [2.05, 4.69) is 21.4 Å². The van der Waals surface area contributed by atoms with Gasteiger partial charge in [0.25, 0.3) is 0 Å². The van der Waals surface area contributed by atoms with E-state index in [1.54, 1.807) is 0 Å². The highest BCUT2D eigenvalue weighted by atomic mass is 79.9. The molecule has 84 valence electrons. The van der Waals surface area contributed by atoms with Gasteiger partial charge in [0.1, 0.15) is 0 Å². The smallest absolute Gasteiger partial charge is 0.158 e. The lowest BCUT2D eigenvalue weighted by molar-refractivity contribution is -0.563. The van der Waals surface area contributed by atoms with Crippen molar-refractivity contribution in [3.63, 3.8) is 0 Å². The number of hydrazine groups is 1. The van der Waals surface area contributed by atoms with E-state index in [1.807, 2.05) is 0 Å². The van der Waals surface area contributed by atoms with Crippen LogP contribution >= 0.6 is 15.9 Å². The van der Waals surface area contributed by atoms with Crippen LogP contribution in [0.5, 0.6) is 0 Å². The van der Waals surface area contributed by atoms with Crippen molar-refractivity contribution in [1.29, 1.82) is 0 Å². The van der Waals surface area contributed by atoms with Gasteiger partial charge in [0, 0.05) is 4.32 Å². The van der Waals surface area contributed by atoms with E-state index in [4.69, 9.17) is 0 Å². The Morgan fingerprint density at radius 2 is 1.87 bits per heavy atom. The summed E-state index contributed by atoms with van der Waals surface area (Å²) in [6.45, 7) is 0. The standard InChI is InChI=1S/C10H15BrN2O2/c11-9-2-7-1-8(3-9)5-10(4-7,6-9)12-13(14)15/h7-8,12H,1-6H2. The fourth-order valence-electron chi connectivity index (χ4n) is 4.48. The van der Waals surface area contributed by atoms with E-state index in [1.165, 1.54) is 19.3 Å². The number of nitrogens with zero attached hydrogens (tertiary/aromatic N) is 1. The second-order valence-electron chi connectivity index (χ2n) is 5.76. The van der Waals surface area contributed by atoms with Crippen molar-refractivity contribution < 1.29 is 5.03 Å². The first-order valence-electron chi connectivity index (χ1n) is 5.60. The number of hydrogen-bond acceptors (Lipinski definition) is 2. The van der Waals surface area contributed by atoms with Gasteiger partial charge >= 0.3 is 0 Å². The predicted molar refractivity (Wildman–Crippen MR) is 59.2 cm³/mol. The van der Waals surface area contributed by atoms with E-state index < -0.39 is 0 Å². The van der Waals surface area contributed by atoms with Gasteiger partial charge in [-0.3, -0.25) is 0 Å². The Bertz CT molecular complexity index is 307. The molecule has 0 saturated heterocycles. The average Bonchev–Trinajstić information content (AvgIpc) is 1.94. The summed E-state index contributed by atoms with van der Waals surface area (Å²) in [4.78, 5) is 10.7. The normalized spacial score (nSPS) is 51.8. The van der Waals surface area contributed by atoms with Crippen molar-refractivity contribution in [2.75, 3.05) is 0 Å². The molecule has 2 atom stereocenters. The van der Waals surface area contributed by atoms with Crippen LogP contribution in [0.25, 0.3) is 0 Å². The average molecular weight is 275 g/mol. The van der Waals surface area contributed by atoms with E-state index in [9.17, 15) is 10.1 Å². The largest absolute Gasteiger partial charge is 0.235 e. The van der Waals surface area contributed by atoms with Gasteiger partial charge in [-0.05, 0) is 50.4 Å². The Hall–Kier alpha value is -0.320. The van der Waals surface area contributed by atoms with Crippen molar-refractivity contribution in [1.82, 2.24) is 5.43 Å². The van der Waals surface area contributed by atoms with Crippen molar-refractivity contribution in [2.45, 2.75) is 48.4 Å². The number of rotatable bonds is 2. The summed E-state index contributed by atoms with van der Waals surface area (Å²) in [6, 6.07) is 0. The van der Waals surface area contributed by atoms with Crippen LogP contribution in [0.3, 0.4) is 0 Å². The Balaban J connectivity index is 1.89. The molecular weight excluding hydrogens is 260 g/mol. The molecule has 0 aromatic heterocycles. The summed E-state index contributed by atoms with van der Waals surface area (Å²) in [5.74, 6) is 1.39. The molecule has 0 spiro atoms. The molecule has 0 amide bonds. The monoisotopic (exact) mass is 274 g/mol. The molecule has 1 N–H and O–H groups in total. The molecule has 4 rings (SSSR count). The summed E-state index contributed by atoms with van der Waals surface area (Å²) >= 11 is 3.82. The molecular formula is C10H15BrN2O2. The summed E-state index contributed by atoms with van der Waals surface area (Å²) < 4.78 is 0.195. The van der Waals surface area contributed by atoms with Crippen LogP contribution < -0.4 is 5.43 Å². The zero-order chi connectivity index (χ0) is 10.7. The number of nitrogens with one attached hydrogen (secondary N) is 1. The first-order valence-corrected chi connectivity index (χ1v) is 6.39. The molecule has 4 aliphatic rings. The van der Waals surface area contributed by atoms with E-state index in [0.29, 0.717) is 11.8 Å². The first-order chi connectivity index (χ1) is 6.99. The Morgan fingerprint density at radius 1 is 1.27 bits per heavy atom. The molecule has 0 heterocycles. The highest BCUT2D eigenvalue weighted by molar-refractivity contribution is 9.10. The summed E-state index contributed by atoms with van der Waals surface area (Å²) in [6.07, 6.45) is 6.63. The fourth-order valence-corrected chi connectivity index (χ4v) is 5.93. The van der Waals surface area contributed by atoms with Crippen LogP contribution in [0.1, 0.15) is 38.5 Å². The Kier molecular flexibility index (Phi) is 1.89. The SMILES string of the molecule is O=[N+]([O-])NC12CC3CC(CC(Br)(C3)C1)C2. The lowest BCUT2D eigenvalue weighted by Crippen LogP contribution is -2.63.